The summed E-state index contributed by atoms with van der Waals surface area (Å²) in [5.41, 5.74) is 0. The summed E-state index contributed by atoms with van der Waals surface area (Å²) < 4.78 is 10.7. The molecule has 0 amide bonds. The van der Waals surface area contributed by atoms with Gasteiger partial charge >= 0.3 is 0 Å². The van der Waals surface area contributed by atoms with Gasteiger partial charge in [-0.3, -0.25) is 0 Å². The molecule has 0 saturated heterocycles. The van der Waals surface area contributed by atoms with Gasteiger partial charge in [-0.2, -0.15) is 0 Å². The molecule has 1 unspecified atom stereocenters. The zero-order chi connectivity index (χ0) is 16.4. The summed E-state index contributed by atoms with van der Waals surface area (Å²) >= 11 is 38.8. The molecule has 3 N–H and O–H groups in total. The van der Waals surface area contributed by atoms with Crippen molar-refractivity contribution in [2.45, 2.75) is 20.3 Å². The molecule has 0 aromatic carbocycles. The first kappa shape index (κ1) is 22.1. The Balaban J connectivity index is 6.29. The van der Waals surface area contributed by atoms with E-state index >= 15 is 0 Å². The van der Waals surface area contributed by atoms with Crippen LogP contribution in [0.4, 0.5) is 0 Å². The van der Waals surface area contributed by atoms with Crippen molar-refractivity contribution >= 4 is 88.3 Å². The van der Waals surface area contributed by atoms with E-state index in [1.54, 1.807) is 0 Å². The van der Waals surface area contributed by atoms with Crippen LogP contribution < -0.4 is 0 Å². The number of halogens is 7. The van der Waals surface area contributed by atoms with Crippen molar-refractivity contribution in [1.29, 1.82) is 0 Å². The molecule has 0 aromatic rings. The van der Waals surface area contributed by atoms with Gasteiger partial charge in [0, 0.05) is 0 Å². The number of aliphatic hydroxyl groups is 3. The topological polar surface area (TPSA) is 77.8 Å². The number of hydrogen-bond donors (Lipinski definition) is 3. The zero-order valence-electron chi connectivity index (χ0n) is 9.75. The maximum absolute atomic E-state index is 13.2. The third kappa shape index (κ3) is 3.79. The van der Waals surface area contributed by atoms with E-state index in [2.05, 4.69) is 0 Å². The van der Waals surface area contributed by atoms with E-state index in [0.717, 1.165) is 0 Å². The van der Waals surface area contributed by atoms with E-state index in [9.17, 15) is 19.9 Å². The second-order valence-electron chi connectivity index (χ2n) is 4.07. The van der Waals surface area contributed by atoms with Gasteiger partial charge in [-0.1, -0.05) is 34.8 Å². The van der Waals surface area contributed by atoms with Gasteiger partial charge in [0.1, 0.15) is 10.7 Å². The van der Waals surface area contributed by atoms with E-state index < -0.39 is 51.0 Å². The van der Waals surface area contributed by atoms with Crippen molar-refractivity contribution in [3.8, 4) is 0 Å². The Labute approximate surface area is 151 Å². The van der Waals surface area contributed by atoms with E-state index in [1.807, 2.05) is 0 Å². The van der Waals surface area contributed by atoms with Gasteiger partial charge in [-0.05, 0) is 0 Å². The lowest BCUT2D eigenvalue weighted by atomic mass is 10.4. The third-order valence-electron chi connectivity index (χ3n) is 2.73. The maximum atomic E-state index is 13.2. The van der Waals surface area contributed by atoms with E-state index in [1.165, 1.54) is 0 Å². The van der Waals surface area contributed by atoms with Crippen molar-refractivity contribution in [3.63, 3.8) is 0 Å². The van der Waals surface area contributed by atoms with Gasteiger partial charge in [0.05, 0.1) is 23.5 Å². The quantitative estimate of drug-likeness (QED) is 0.410. The Morgan fingerprint density at radius 2 is 1.10 bits per heavy atom. The van der Waals surface area contributed by atoms with Gasteiger partial charge in [-0.25, -0.2) is 0 Å². The normalized spacial score (nSPS) is 16.3. The highest BCUT2D eigenvalue weighted by atomic mass is 35.6. The highest BCUT2D eigenvalue weighted by molar-refractivity contribution is 7.68. The first-order valence-electron chi connectivity index (χ1n) is 4.93. The Bertz CT molecular complexity index is 344. The molecule has 0 aliphatic rings. The predicted octanol–water partition coefficient (Wildman–Crippen LogP) is 3.37. The van der Waals surface area contributed by atoms with Gasteiger partial charge in [0.15, 0.2) is 13.0 Å². The first-order valence-corrected chi connectivity index (χ1v) is 9.98. The van der Waals surface area contributed by atoms with Gasteiger partial charge in [0.25, 0.3) is 0 Å². The average Bonchev–Trinajstić information content (AvgIpc) is 2.42. The Morgan fingerprint density at radius 1 is 0.850 bits per heavy atom. The summed E-state index contributed by atoms with van der Waals surface area (Å²) in [7, 11) is -4.63. The van der Waals surface area contributed by atoms with Crippen LogP contribution in [-0.2, 0) is 4.57 Å². The molecule has 0 saturated carbocycles. The van der Waals surface area contributed by atoms with Crippen molar-refractivity contribution in [3.05, 3.63) is 0 Å². The molecule has 0 fully saturated rings. The summed E-state index contributed by atoms with van der Waals surface area (Å²) in [6.45, 7) is 0. The Morgan fingerprint density at radius 3 is 1.25 bits per heavy atom. The fourth-order valence-electron chi connectivity index (χ4n) is 1.48. The summed E-state index contributed by atoms with van der Waals surface area (Å²) in [6, 6.07) is 0. The largest absolute Gasteiger partial charge is 0.381 e. The first-order chi connectivity index (χ1) is 8.90. The standard InChI is InChI=1S/C8H12Cl7O4P/c9-1-6(17,2-10)20(19,5(16)8(13,14)15)7(18,3-11)4-12/h5,16-18H,1-4H2. The minimum Gasteiger partial charge on any atom is -0.381 e. The molecule has 0 spiro atoms. The van der Waals surface area contributed by atoms with Gasteiger partial charge < -0.3 is 19.9 Å². The molecule has 0 rings (SSSR count). The maximum Gasteiger partial charge on any atom is 0.223 e. The van der Waals surface area contributed by atoms with Crippen molar-refractivity contribution in [2.24, 2.45) is 0 Å². The molecule has 122 valence electrons. The lowest BCUT2D eigenvalue weighted by Gasteiger charge is -2.46. The van der Waals surface area contributed by atoms with Crippen LogP contribution in [0.15, 0.2) is 0 Å². The van der Waals surface area contributed by atoms with Crippen LogP contribution in [0.3, 0.4) is 0 Å². The zero-order valence-corrected chi connectivity index (χ0v) is 15.9. The molecule has 20 heavy (non-hydrogen) atoms. The summed E-state index contributed by atoms with van der Waals surface area (Å²) in [6.07, 6.45) is 0. The van der Waals surface area contributed by atoms with Gasteiger partial charge in [0.2, 0.25) is 3.79 Å². The third-order valence-corrected chi connectivity index (χ3v) is 10.5. The molecule has 1 atom stereocenters. The lowest BCUT2D eigenvalue weighted by molar-refractivity contribution is 0.105. The van der Waals surface area contributed by atoms with Crippen LogP contribution in [0.25, 0.3) is 0 Å². The number of hydrogen-bond acceptors (Lipinski definition) is 4. The molecule has 0 aliphatic carbocycles. The molecule has 0 aromatic heterocycles. The van der Waals surface area contributed by atoms with Crippen LogP contribution in [0.2, 0.25) is 0 Å². The highest BCUT2D eigenvalue weighted by Gasteiger charge is 2.66. The fourth-order valence-corrected chi connectivity index (χ4v) is 8.22. The van der Waals surface area contributed by atoms with Crippen LogP contribution >= 0.6 is 88.3 Å². The minimum absolute atomic E-state index is 0.707. The molecule has 4 nitrogen and oxygen atoms in total. The average molecular weight is 451 g/mol. The molecular weight excluding hydrogens is 439 g/mol. The van der Waals surface area contributed by atoms with Crippen molar-refractivity contribution in [1.82, 2.24) is 0 Å². The fraction of sp³-hybridized carbons (Fsp3) is 1.00. The van der Waals surface area contributed by atoms with Crippen molar-refractivity contribution in [2.75, 3.05) is 23.5 Å². The Hall–Kier alpha value is 2.14. The van der Waals surface area contributed by atoms with E-state index in [-0.39, 0.29) is 0 Å². The summed E-state index contributed by atoms with van der Waals surface area (Å²) in [4.78, 5) is 0. The molecule has 12 heteroatoms. The second kappa shape index (κ2) is 7.81. The SMILES string of the molecule is O=P(C(O)C(Cl)(Cl)Cl)(C(O)(CCl)CCl)C(O)(CCl)CCl. The number of aliphatic hydroxyl groups excluding tert-OH is 1. The highest BCUT2D eigenvalue weighted by Crippen LogP contribution is 2.72. The van der Waals surface area contributed by atoms with Crippen LogP contribution in [-0.4, -0.2) is 59.2 Å². The molecular formula is C8H12Cl7O4P. The predicted molar refractivity (Wildman–Crippen MR) is 86.7 cm³/mol. The smallest absolute Gasteiger partial charge is 0.223 e. The molecule has 0 aliphatic heterocycles. The van der Waals surface area contributed by atoms with E-state index in [0.29, 0.717) is 0 Å². The summed E-state index contributed by atoms with van der Waals surface area (Å²) in [5.74, 6) is -5.11. The molecule has 0 heterocycles. The van der Waals surface area contributed by atoms with Crippen LogP contribution in [0, 0.1) is 0 Å². The number of alkyl halides is 7. The molecule has 0 radical (unpaired) electrons. The van der Waals surface area contributed by atoms with Crippen LogP contribution in [0.5, 0.6) is 0 Å². The van der Waals surface area contributed by atoms with Crippen molar-refractivity contribution < 1.29 is 19.9 Å². The minimum atomic E-state index is -4.63. The van der Waals surface area contributed by atoms with E-state index in [4.69, 9.17) is 81.2 Å². The monoisotopic (exact) mass is 448 g/mol. The second-order valence-corrected chi connectivity index (χ2v) is 11.0. The molecule has 0 bridgehead atoms. The summed E-state index contributed by atoms with van der Waals surface area (Å²) in [5, 5.41) is 25.9. The van der Waals surface area contributed by atoms with Gasteiger partial charge in [-0.15, -0.1) is 46.4 Å². The Kier molecular flexibility index (Phi) is 8.64. The number of rotatable bonds is 7. The lowest BCUT2D eigenvalue weighted by Crippen LogP contribution is -2.52. The van der Waals surface area contributed by atoms with Crippen LogP contribution in [0.1, 0.15) is 0 Å².